The lowest BCUT2D eigenvalue weighted by atomic mass is 10.3. The number of aliphatic carboxylic acids is 2. The highest BCUT2D eigenvalue weighted by molar-refractivity contribution is 7.98. The number of aliphatic hydroxyl groups is 2. The summed E-state index contributed by atoms with van der Waals surface area (Å²) in [7, 11) is 0.224. The van der Waals surface area contributed by atoms with E-state index in [4.69, 9.17) is 20.4 Å². The van der Waals surface area contributed by atoms with Crippen LogP contribution in [0.4, 0.5) is 0 Å². The van der Waals surface area contributed by atoms with Crippen LogP contribution in [0.25, 0.3) is 0 Å². The van der Waals surface area contributed by atoms with Gasteiger partial charge in [-0.3, -0.25) is 0 Å². The molecule has 2 unspecified atom stereocenters. The molecule has 0 radical (unpaired) electrons. The fourth-order valence-electron chi connectivity index (χ4n) is 0.824. The average Bonchev–Trinajstić information content (AvgIpc) is 2.33. The van der Waals surface area contributed by atoms with Crippen LogP contribution in [0.3, 0.4) is 0 Å². The van der Waals surface area contributed by atoms with Crippen LogP contribution in [0.1, 0.15) is 12.8 Å². The Kier molecular flexibility index (Phi) is 19.8. The van der Waals surface area contributed by atoms with E-state index in [1.807, 2.05) is 18.8 Å². The van der Waals surface area contributed by atoms with Crippen LogP contribution in [0.5, 0.6) is 0 Å². The van der Waals surface area contributed by atoms with Gasteiger partial charge in [0.15, 0.2) is 12.2 Å². The molecule has 0 aromatic heterocycles. The van der Waals surface area contributed by atoms with Crippen LogP contribution in [-0.2, 0) is 20.5 Å². The van der Waals surface area contributed by atoms with Gasteiger partial charge in [-0.25, -0.2) is 9.59 Å². The summed E-state index contributed by atoms with van der Waals surface area (Å²) in [5.41, 5.74) is 0. The Morgan fingerprint density at radius 3 is 1.75 bits per heavy atom. The van der Waals surface area contributed by atoms with Crippen LogP contribution in [0.2, 0.25) is 0 Å². The topological polar surface area (TPSA) is 115 Å². The third-order valence-electron chi connectivity index (χ3n) is 1.97. The average molecular weight is 444 g/mol. The number of rotatable bonds is 8. The molecule has 9 heteroatoms. The summed E-state index contributed by atoms with van der Waals surface area (Å²) < 4.78 is 0. The summed E-state index contributed by atoms with van der Waals surface area (Å²) >= 11 is 1.52. The van der Waals surface area contributed by atoms with E-state index in [2.05, 4.69) is 0 Å². The van der Waals surface area contributed by atoms with Gasteiger partial charge in [0.05, 0.1) is 12.5 Å². The van der Waals surface area contributed by atoms with E-state index in [-0.39, 0.29) is 34.9 Å². The lowest BCUT2D eigenvalue weighted by Crippen LogP contribution is -3.00. The first-order chi connectivity index (χ1) is 8.72. The number of thioether (sulfide) groups is 1. The molecule has 0 saturated carbocycles. The van der Waals surface area contributed by atoms with Gasteiger partial charge in [0.25, 0.3) is 0 Å². The van der Waals surface area contributed by atoms with Crippen molar-refractivity contribution in [2.45, 2.75) is 25.0 Å². The molecule has 0 rings (SSSR count). The van der Waals surface area contributed by atoms with Crippen LogP contribution < -0.4 is 24.0 Å². The fourth-order valence-corrected chi connectivity index (χ4v) is 1.98. The van der Waals surface area contributed by atoms with Crippen LogP contribution >= 0.6 is 11.8 Å². The number of aliphatic hydroxyl groups excluding tert-OH is 2. The summed E-state index contributed by atoms with van der Waals surface area (Å²) in [6, 6.07) is 0. The van der Waals surface area contributed by atoms with Crippen LogP contribution in [0, 0.1) is 0 Å². The number of hydrogen-bond acceptors (Lipinski definition) is 5. The van der Waals surface area contributed by atoms with Gasteiger partial charge in [-0.2, -0.15) is 11.8 Å². The minimum atomic E-state index is -1.18. The van der Waals surface area contributed by atoms with Gasteiger partial charge < -0.3 is 20.4 Å². The zero-order valence-electron chi connectivity index (χ0n) is 11.9. The minimum absolute atomic E-state index is 0. The highest BCUT2D eigenvalue weighted by atomic mass is 127. The summed E-state index contributed by atoms with van der Waals surface area (Å²) in [5, 5.41) is 33.8. The first kappa shape index (κ1) is 25.3. The summed E-state index contributed by atoms with van der Waals surface area (Å²) in [6.07, 6.45) is 4.26. The second-order valence-corrected chi connectivity index (χ2v) is 7.33. The van der Waals surface area contributed by atoms with E-state index in [9.17, 15) is 9.59 Å². The van der Waals surface area contributed by atoms with Crippen molar-refractivity contribution in [3.05, 3.63) is 0 Å². The SMILES string of the molecule is CSCCC(O)C(=O)O.C[S+](C)CCC(O)C(=O)O.[IH2+]. The number of carboxylic acid groups (broad SMARTS) is 2. The van der Waals surface area contributed by atoms with E-state index in [0.29, 0.717) is 18.6 Å². The van der Waals surface area contributed by atoms with Crippen molar-refractivity contribution in [1.82, 2.24) is 0 Å². The monoisotopic (exact) mass is 444 g/mol. The van der Waals surface area contributed by atoms with E-state index >= 15 is 0 Å². The molecular weight excluding hydrogens is 419 g/mol. The largest absolute Gasteiger partial charge is 0.479 e. The molecule has 20 heavy (non-hydrogen) atoms. The molecule has 4 N–H and O–H groups in total. The number of halogens is 1. The summed E-state index contributed by atoms with van der Waals surface area (Å²) in [5.74, 6) is -0.782. The lowest BCUT2D eigenvalue weighted by molar-refractivity contribution is -0.147. The number of carboxylic acids is 2. The molecule has 0 aliphatic carbocycles. The highest BCUT2D eigenvalue weighted by Gasteiger charge is 2.15. The predicted molar refractivity (Wildman–Crippen MR) is 81.8 cm³/mol. The van der Waals surface area contributed by atoms with Crippen molar-refractivity contribution >= 4 is 34.6 Å². The minimum Gasteiger partial charge on any atom is -0.479 e. The third-order valence-corrected chi connectivity index (χ3v) is 3.66. The van der Waals surface area contributed by atoms with Gasteiger partial charge in [0.2, 0.25) is 24.0 Å². The highest BCUT2D eigenvalue weighted by Crippen LogP contribution is 1.99. The Hall–Kier alpha value is 0.290. The lowest BCUT2D eigenvalue weighted by Gasteiger charge is -2.01. The zero-order valence-corrected chi connectivity index (χ0v) is 16.0. The van der Waals surface area contributed by atoms with E-state index in [1.54, 1.807) is 0 Å². The van der Waals surface area contributed by atoms with Crippen molar-refractivity contribution in [1.29, 1.82) is 0 Å². The molecule has 0 aromatic rings. The molecule has 0 amide bonds. The van der Waals surface area contributed by atoms with Crippen molar-refractivity contribution in [3.8, 4) is 0 Å². The number of carbonyl (C=O) groups is 2. The molecule has 0 spiro atoms. The maximum absolute atomic E-state index is 10.1. The van der Waals surface area contributed by atoms with Gasteiger partial charge >= 0.3 is 11.9 Å². The van der Waals surface area contributed by atoms with E-state index in [1.165, 1.54) is 11.8 Å². The van der Waals surface area contributed by atoms with Crippen molar-refractivity contribution in [2.75, 3.05) is 30.3 Å². The first-order valence-corrected chi connectivity index (χ1v) is 9.17. The van der Waals surface area contributed by atoms with Gasteiger partial charge in [-0.1, -0.05) is 0 Å². The second-order valence-electron chi connectivity index (χ2n) is 3.97. The molecular formula is C11H25IO6S2+2. The summed E-state index contributed by atoms with van der Waals surface area (Å²) in [6.45, 7) is 0. The van der Waals surface area contributed by atoms with E-state index < -0.39 is 24.1 Å². The molecule has 0 heterocycles. The van der Waals surface area contributed by atoms with Crippen molar-refractivity contribution in [3.63, 3.8) is 0 Å². The number of hydrogen-bond donors (Lipinski definition) is 4. The molecule has 0 aliphatic rings. The Labute approximate surface area is 143 Å². The molecule has 0 aliphatic heterocycles. The third kappa shape index (κ3) is 18.3. The normalized spacial score (nSPS) is 12.7. The molecule has 122 valence electrons. The molecule has 0 aromatic carbocycles. The van der Waals surface area contributed by atoms with Gasteiger partial charge in [0.1, 0.15) is 5.75 Å². The Morgan fingerprint density at radius 1 is 1.05 bits per heavy atom. The van der Waals surface area contributed by atoms with Gasteiger partial charge in [0, 0.05) is 6.42 Å². The molecule has 0 fully saturated rings. The Balaban J connectivity index is -0.000000277. The molecule has 0 bridgehead atoms. The fraction of sp³-hybridized carbons (Fsp3) is 0.818. The maximum Gasteiger partial charge on any atom is 0.332 e. The smallest absolute Gasteiger partial charge is 0.332 e. The predicted octanol–water partition coefficient (Wildman–Crippen LogP) is -3.65. The van der Waals surface area contributed by atoms with Crippen molar-refractivity contribution in [2.24, 2.45) is 0 Å². The van der Waals surface area contributed by atoms with Crippen LogP contribution in [0.15, 0.2) is 0 Å². The summed E-state index contributed by atoms with van der Waals surface area (Å²) in [4.78, 5) is 20.0. The maximum atomic E-state index is 10.1. The quantitative estimate of drug-likeness (QED) is 0.226. The van der Waals surface area contributed by atoms with Gasteiger partial charge in [-0.15, -0.1) is 0 Å². The standard InChI is InChI=1S/C6H12O3S.C5H10O3S.H2I/c1-10(2)4-3-5(7)6(8)9;1-9-3-2-4(6)5(7)8;/h5,7H,3-4H2,1-2H3;4,6H,2-3H2,1H3,(H,7,8);1H2/q;;+1/p+1. The first-order valence-electron chi connectivity index (χ1n) is 5.57. The van der Waals surface area contributed by atoms with Gasteiger partial charge in [-0.05, 0) is 29.3 Å². The molecule has 6 nitrogen and oxygen atoms in total. The zero-order chi connectivity index (χ0) is 15.4. The second kappa shape index (κ2) is 15.7. The molecule has 2 atom stereocenters. The molecule has 0 saturated heterocycles. The van der Waals surface area contributed by atoms with E-state index in [0.717, 1.165) is 5.75 Å². The Bertz CT molecular complexity index is 265. The van der Waals surface area contributed by atoms with Crippen LogP contribution in [-0.4, -0.2) is 74.8 Å². The van der Waals surface area contributed by atoms with Crippen molar-refractivity contribution < 1.29 is 54.0 Å². The Morgan fingerprint density at radius 2 is 1.45 bits per heavy atom.